The van der Waals surface area contributed by atoms with E-state index in [0.29, 0.717) is 13.0 Å². The Hall–Kier alpha value is -2.99. The number of likely N-dealkylation sites (tertiary alicyclic amines) is 1. The van der Waals surface area contributed by atoms with Gasteiger partial charge in [-0.25, -0.2) is 0 Å². The summed E-state index contributed by atoms with van der Waals surface area (Å²) in [6.07, 6.45) is 5.36. The van der Waals surface area contributed by atoms with Gasteiger partial charge < -0.3 is 20.3 Å². The third-order valence-corrected chi connectivity index (χ3v) is 6.35. The Kier molecular flexibility index (Phi) is 15.1. The highest BCUT2D eigenvalue weighted by molar-refractivity contribution is 5.80. The molecule has 0 aliphatic carbocycles. The zero-order valence-electron chi connectivity index (χ0n) is 23.5. The van der Waals surface area contributed by atoms with E-state index in [0.717, 1.165) is 63.1 Å². The van der Waals surface area contributed by atoms with Gasteiger partial charge in [-0.15, -0.1) is 0 Å². The van der Waals surface area contributed by atoms with Crippen LogP contribution in [0.2, 0.25) is 0 Å². The predicted octanol–water partition coefficient (Wildman–Crippen LogP) is 5.02. The molecule has 0 unspecified atom stereocenters. The lowest BCUT2D eigenvalue weighted by Gasteiger charge is -2.38. The number of nitrogens with two attached hydrogens (primary N) is 1. The fourth-order valence-corrected chi connectivity index (χ4v) is 4.20. The largest absolute Gasteiger partial charge is 0.372 e. The van der Waals surface area contributed by atoms with E-state index < -0.39 is 5.41 Å². The first-order valence-electron chi connectivity index (χ1n) is 13.3. The highest BCUT2D eigenvalue weighted by atomic mass is 16.2. The molecular weight excluding hydrogens is 462 g/mol. The number of aryl methyl sites for hydroxylation is 2. The first kappa shape index (κ1) is 32.0. The second kappa shape index (κ2) is 17.5. The summed E-state index contributed by atoms with van der Waals surface area (Å²) in [6, 6.07) is 18.8. The van der Waals surface area contributed by atoms with Crippen LogP contribution < -0.4 is 5.73 Å². The van der Waals surface area contributed by atoms with Crippen molar-refractivity contribution in [3.63, 3.8) is 0 Å². The third-order valence-electron chi connectivity index (χ3n) is 6.35. The average molecular weight is 510 g/mol. The SMILES string of the molecule is CC(C)C.Cc1ccc(CN(C)C(=O)CC2(C=O)CCN(CCCc3ccccc3)CC2)cc1.NC=O. The lowest BCUT2D eigenvalue weighted by Crippen LogP contribution is -2.44. The minimum absolute atomic E-state index is 0.0557. The van der Waals surface area contributed by atoms with Gasteiger partial charge in [0.25, 0.3) is 0 Å². The van der Waals surface area contributed by atoms with E-state index in [1.54, 1.807) is 4.90 Å². The van der Waals surface area contributed by atoms with Crippen molar-refractivity contribution in [2.24, 2.45) is 17.1 Å². The number of piperidine rings is 1. The standard InChI is InChI=1S/C26H34N2O2.C4H10.CH3NO/c1-22-10-12-24(13-11-22)20-27(2)25(30)19-26(21-29)14-17-28(18-15-26)16-6-9-23-7-4-3-5-8-23;1-4(2)3;2-1-3/h3-5,7-8,10-13,21H,6,9,14-20H2,1-2H3;4H,1-3H3;1H,(H2,2,3). The molecule has 0 aromatic heterocycles. The quantitative estimate of drug-likeness (QED) is 0.481. The molecule has 1 heterocycles. The van der Waals surface area contributed by atoms with Crippen LogP contribution in [0.4, 0.5) is 0 Å². The Bertz CT molecular complexity index is 902. The summed E-state index contributed by atoms with van der Waals surface area (Å²) in [5, 5.41) is 0. The average Bonchev–Trinajstić information content (AvgIpc) is 2.87. The molecule has 6 nitrogen and oxygen atoms in total. The van der Waals surface area contributed by atoms with Gasteiger partial charge in [-0.2, -0.15) is 0 Å². The van der Waals surface area contributed by atoms with Gasteiger partial charge in [0.1, 0.15) is 6.29 Å². The highest BCUT2D eigenvalue weighted by Crippen LogP contribution is 2.33. The van der Waals surface area contributed by atoms with Gasteiger partial charge in [-0.3, -0.25) is 9.59 Å². The fraction of sp³-hybridized carbons (Fsp3) is 0.516. The van der Waals surface area contributed by atoms with Crippen molar-refractivity contribution in [3.05, 3.63) is 71.3 Å². The van der Waals surface area contributed by atoms with Crippen LogP contribution in [0, 0.1) is 18.3 Å². The number of benzene rings is 2. The number of carbonyl (C=O) groups is 3. The van der Waals surface area contributed by atoms with Gasteiger partial charge in [0.2, 0.25) is 12.3 Å². The van der Waals surface area contributed by atoms with Crippen LogP contribution in [0.25, 0.3) is 0 Å². The van der Waals surface area contributed by atoms with Crippen molar-refractivity contribution < 1.29 is 14.4 Å². The first-order chi connectivity index (χ1) is 17.6. The van der Waals surface area contributed by atoms with Crippen LogP contribution in [0.15, 0.2) is 54.6 Å². The number of aldehydes is 1. The molecule has 6 heteroatoms. The van der Waals surface area contributed by atoms with Gasteiger partial charge >= 0.3 is 0 Å². The minimum atomic E-state index is -0.505. The monoisotopic (exact) mass is 509 g/mol. The number of rotatable bonds is 9. The number of carbonyl (C=O) groups excluding carboxylic acids is 3. The smallest absolute Gasteiger partial charge is 0.223 e. The number of primary amides is 1. The number of nitrogens with zero attached hydrogens (tertiary/aromatic N) is 2. The lowest BCUT2D eigenvalue weighted by molar-refractivity contribution is -0.137. The molecule has 1 aliphatic heterocycles. The van der Waals surface area contributed by atoms with E-state index in [1.807, 2.05) is 13.1 Å². The summed E-state index contributed by atoms with van der Waals surface area (Å²) in [4.78, 5) is 37.5. The second-order valence-electron chi connectivity index (χ2n) is 10.7. The van der Waals surface area contributed by atoms with Crippen molar-refractivity contribution in [2.45, 2.75) is 66.3 Å². The van der Waals surface area contributed by atoms with Crippen molar-refractivity contribution in [3.8, 4) is 0 Å². The molecule has 0 bridgehead atoms. The van der Waals surface area contributed by atoms with Crippen LogP contribution in [0.3, 0.4) is 0 Å². The molecule has 2 aromatic rings. The van der Waals surface area contributed by atoms with Gasteiger partial charge in [-0.05, 0) is 69.3 Å². The molecule has 204 valence electrons. The third kappa shape index (κ3) is 13.2. The van der Waals surface area contributed by atoms with Crippen molar-refractivity contribution >= 4 is 18.6 Å². The highest BCUT2D eigenvalue weighted by Gasteiger charge is 2.37. The van der Waals surface area contributed by atoms with Crippen molar-refractivity contribution in [1.29, 1.82) is 0 Å². The van der Waals surface area contributed by atoms with Gasteiger partial charge in [0.15, 0.2) is 0 Å². The van der Waals surface area contributed by atoms with Crippen LogP contribution >= 0.6 is 0 Å². The van der Waals surface area contributed by atoms with E-state index in [9.17, 15) is 9.59 Å². The summed E-state index contributed by atoms with van der Waals surface area (Å²) in [7, 11) is 1.83. The molecule has 0 spiro atoms. The van der Waals surface area contributed by atoms with Crippen LogP contribution in [-0.2, 0) is 27.3 Å². The molecule has 3 rings (SSSR count). The molecule has 2 amide bonds. The molecule has 0 saturated carbocycles. The van der Waals surface area contributed by atoms with E-state index in [1.165, 1.54) is 11.1 Å². The van der Waals surface area contributed by atoms with Gasteiger partial charge in [-0.1, -0.05) is 80.9 Å². The molecule has 2 aromatic carbocycles. The van der Waals surface area contributed by atoms with E-state index in [2.05, 4.69) is 86.9 Å². The number of amides is 2. The predicted molar refractivity (Wildman–Crippen MR) is 152 cm³/mol. The minimum Gasteiger partial charge on any atom is -0.372 e. The zero-order valence-corrected chi connectivity index (χ0v) is 23.5. The molecule has 2 N–H and O–H groups in total. The van der Waals surface area contributed by atoms with Crippen molar-refractivity contribution in [2.75, 3.05) is 26.7 Å². The normalized spacial score (nSPS) is 14.4. The maximum atomic E-state index is 12.8. The molecule has 0 atom stereocenters. The van der Waals surface area contributed by atoms with Crippen LogP contribution in [0.5, 0.6) is 0 Å². The Morgan fingerprint density at radius 2 is 1.54 bits per heavy atom. The summed E-state index contributed by atoms with van der Waals surface area (Å²) in [5.74, 6) is 0.889. The summed E-state index contributed by atoms with van der Waals surface area (Å²) < 4.78 is 0. The van der Waals surface area contributed by atoms with Gasteiger partial charge in [0.05, 0.1) is 0 Å². The molecule has 0 radical (unpaired) electrons. The molecule has 1 saturated heterocycles. The topological polar surface area (TPSA) is 83.7 Å². The number of hydrogen-bond donors (Lipinski definition) is 1. The van der Waals surface area contributed by atoms with E-state index in [-0.39, 0.29) is 12.3 Å². The first-order valence-corrected chi connectivity index (χ1v) is 13.3. The Morgan fingerprint density at radius 1 is 1.00 bits per heavy atom. The Morgan fingerprint density at radius 3 is 2.05 bits per heavy atom. The summed E-state index contributed by atoms with van der Waals surface area (Å²) in [5.41, 5.74) is 7.36. The maximum absolute atomic E-state index is 12.8. The van der Waals surface area contributed by atoms with E-state index >= 15 is 0 Å². The summed E-state index contributed by atoms with van der Waals surface area (Å²) in [6.45, 7) is 12.0. The van der Waals surface area contributed by atoms with Gasteiger partial charge in [0, 0.05) is 25.4 Å². The second-order valence-corrected chi connectivity index (χ2v) is 10.7. The Labute approximate surface area is 224 Å². The zero-order chi connectivity index (χ0) is 27.7. The number of hydrogen-bond acceptors (Lipinski definition) is 4. The van der Waals surface area contributed by atoms with Crippen molar-refractivity contribution in [1.82, 2.24) is 9.80 Å². The Balaban J connectivity index is 0.000000873. The molecule has 1 fully saturated rings. The van der Waals surface area contributed by atoms with Crippen LogP contribution in [0.1, 0.15) is 63.1 Å². The fourth-order valence-electron chi connectivity index (χ4n) is 4.20. The maximum Gasteiger partial charge on any atom is 0.223 e. The molecular formula is C31H47N3O3. The lowest BCUT2D eigenvalue weighted by atomic mass is 9.76. The molecule has 37 heavy (non-hydrogen) atoms. The van der Waals surface area contributed by atoms with E-state index in [4.69, 9.17) is 4.79 Å². The molecule has 1 aliphatic rings. The van der Waals surface area contributed by atoms with Crippen LogP contribution in [-0.4, -0.2) is 55.1 Å². The summed E-state index contributed by atoms with van der Waals surface area (Å²) >= 11 is 0.